The SMILES string of the molecule is CCc1nc2ccccc2n1C1CCN(c2ncnc3c2cnn3-c2ccccc2)CC1. The lowest BCUT2D eigenvalue weighted by atomic mass is 10.0. The Kier molecular flexibility index (Phi) is 4.60. The van der Waals surface area contributed by atoms with E-state index in [9.17, 15) is 0 Å². The van der Waals surface area contributed by atoms with Crippen LogP contribution in [0.4, 0.5) is 5.82 Å². The van der Waals surface area contributed by atoms with Gasteiger partial charge in [-0.1, -0.05) is 37.3 Å². The third-order valence-corrected chi connectivity index (χ3v) is 6.46. The van der Waals surface area contributed by atoms with Crippen molar-refractivity contribution in [3.8, 4) is 5.69 Å². The molecule has 7 heteroatoms. The van der Waals surface area contributed by atoms with Gasteiger partial charge in [0.05, 0.1) is 28.3 Å². The zero-order chi connectivity index (χ0) is 21.5. The maximum absolute atomic E-state index is 4.87. The highest BCUT2D eigenvalue weighted by atomic mass is 15.3. The fraction of sp³-hybridized carbons (Fsp3) is 0.280. The number of benzene rings is 2. The number of fused-ring (bicyclic) bond motifs is 2. The van der Waals surface area contributed by atoms with Gasteiger partial charge in [0.25, 0.3) is 0 Å². The van der Waals surface area contributed by atoms with Gasteiger partial charge in [-0.2, -0.15) is 5.10 Å². The van der Waals surface area contributed by atoms with Gasteiger partial charge in [0.15, 0.2) is 5.65 Å². The lowest BCUT2D eigenvalue weighted by molar-refractivity contribution is 0.394. The van der Waals surface area contributed by atoms with E-state index in [0.717, 1.165) is 60.4 Å². The van der Waals surface area contributed by atoms with E-state index in [1.165, 1.54) is 11.3 Å². The second-order valence-corrected chi connectivity index (χ2v) is 8.29. The molecule has 0 aliphatic carbocycles. The van der Waals surface area contributed by atoms with Gasteiger partial charge in [-0.15, -0.1) is 0 Å². The third kappa shape index (κ3) is 3.04. The van der Waals surface area contributed by atoms with Crippen LogP contribution in [0.1, 0.15) is 31.6 Å². The van der Waals surface area contributed by atoms with Crippen molar-refractivity contribution in [2.75, 3.05) is 18.0 Å². The Morgan fingerprint density at radius 2 is 1.72 bits per heavy atom. The Morgan fingerprint density at radius 1 is 0.938 bits per heavy atom. The second-order valence-electron chi connectivity index (χ2n) is 8.29. The van der Waals surface area contributed by atoms with Crippen molar-refractivity contribution >= 4 is 27.9 Å². The van der Waals surface area contributed by atoms with Gasteiger partial charge < -0.3 is 9.47 Å². The lowest BCUT2D eigenvalue weighted by Crippen LogP contribution is -2.35. The highest BCUT2D eigenvalue weighted by Gasteiger charge is 2.26. The van der Waals surface area contributed by atoms with Crippen LogP contribution < -0.4 is 4.90 Å². The van der Waals surface area contributed by atoms with Crippen molar-refractivity contribution in [2.45, 2.75) is 32.2 Å². The summed E-state index contributed by atoms with van der Waals surface area (Å²) < 4.78 is 4.36. The van der Waals surface area contributed by atoms with Gasteiger partial charge in [-0.05, 0) is 37.1 Å². The largest absolute Gasteiger partial charge is 0.356 e. The van der Waals surface area contributed by atoms with Crippen LogP contribution in [0, 0.1) is 0 Å². The van der Waals surface area contributed by atoms with E-state index < -0.39 is 0 Å². The summed E-state index contributed by atoms with van der Waals surface area (Å²) in [5, 5.41) is 5.61. The Hall–Kier alpha value is -3.74. The van der Waals surface area contributed by atoms with Crippen LogP contribution in [-0.2, 0) is 6.42 Å². The van der Waals surface area contributed by atoms with Crippen LogP contribution in [-0.4, -0.2) is 42.4 Å². The summed E-state index contributed by atoms with van der Waals surface area (Å²) in [4.78, 5) is 16.4. The number of piperidine rings is 1. The predicted octanol–water partition coefficient (Wildman–Crippen LogP) is 4.57. The first kappa shape index (κ1) is 19.0. The standard InChI is InChI=1S/C25H25N7/c1-2-23-29-21-10-6-7-11-22(21)31(23)18-12-14-30(15-13-18)24-20-16-28-32(25(20)27-17-26-24)19-8-4-3-5-9-19/h3-11,16-18H,2,12-15H2,1H3. The number of imidazole rings is 1. The van der Waals surface area contributed by atoms with Crippen LogP contribution in [0.15, 0.2) is 67.1 Å². The Morgan fingerprint density at radius 3 is 2.53 bits per heavy atom. The average Bonchev–Trinajstić information content (AvgIpc) is 3.46. The molecule has 1 aliphatic rings. The zero-order valence-electron chi connectivity index (χ0n) is 18.1. The van der Waals surface area contributed by atoms with Gasteiger partial charge in [-0.3, -0.25) is 0 Å². The van der Waals surface area contributed by atoms with Crippen LogP contribution in [0.2, 0.25) is 0 Å². The fourth-order valence-corrected chi connectivity index (χ4v) is 4.93. The molecular weight excluding hydrogens is 398 g/mol. The fourth-order valence-electron chi connectivity index (χ4n) is 4.93. The molecule has 5 aromatic rings. The molecule has 32 heavy (non-hydrogen) atoms. The van der Waals surface area contributed by atoms with E-state index in [-0.39, 0.29) is 0 Å². The summed E-state index contributed by atoms with van der Waals surface area (Å²) in [5.41, 5.74) is 4.19. The molecule has 1 aliphatic heterocycles. The molecule has 4 heterocycles. The Bertz CT molecular complexity index is 1380. The smallest absolute Gasteiger partial charge is 0.168 e. The van der Waals surface area contributed by atoms with Crippen LogP contribution >= 0.6 is 0 Å². The van der Waals surface area contributed by atoms with Crippen molar-refractivity contribution in [2.24, 2.45) is 0 Å². The number of aryl methyl sites for hydroxylation is 1. The van der Waals surface area contributed by atoms with Crippen molar-refractivity contribution < 1.29 is 0 Å². The minimum Gasteiger partial charge on any atom is -0.356 e. The number of hydrogen-bond donors (Lipinski definition) is 0. The van der Waals surface area contributed by atoms with E-state index in [1.807, 2.05) is 41.2 Å². The maximum atomic E-state index is 4.87. The topological polar surface area (TPSA) is 64.7 Å². The minimum absolute atomic E-state index is 0.456. The monoisotopic (exact) mass is 423 g/mol. The first-order chi connectivity index (χ1) is 15.8. The molecule has 2 aromatic carbocycles. The molecule has 0 N–H and O–H groups in total. The molecule has 0 radical (unpaired) electrons. The van der Waals surface area contributed by atoms with Crippen molar-refractivity contribution in [1.29, 1.82) is 0 Å². The predicted molar refractivity (Wildman–Crippen MR) is 126 cm³/mol. The summed E-state index contributed by atoms with van der Waals surface area (Å²) in [7, 11) is 0. The first-order valence-electron chi connectivity index (χ1n) is 11.3. The van der Waals surface area contributed by atoms with Gasteiger partial charge in [0.2, 0.25) is 0 Å². The molecule has 0 saturated carbocycles. The second kappa shape index (κ2) is 7.75. The lowest BCUT2D eigenvalue weighted by Gasteiger charge is -2.34. The zero-order valence-corrected chi connectivity index (χ0v) is 18.1. The minimum atomic E-state index is 0.456. The molecule has 160 valence electrons. The van der Waals surface area contributed by atoms with E-state index in [2.05, 4.69) is 55.7 Å². The van der Waals surface area contributed by atoms with E-state index in [1.54, 1.807) is 6.33 Å². The molecule has 1 saturated heterocycles. The summed E-state index contributed by atoms with van der Waals surface area (Å²) in [6.45, 7) is 4.08. The number of nitrogens with zero attached hydrogens (tertiary/aromatic N) is 7. The maximum Gasteiger partial charge on any atom is 0.168 e. The average molecular weight is 424 g/mol. The number of anilines is 1. The van der Waals surface area contributed by atoms with Gasteiger partial charge >= 0.3 is 0 Å². The van der Waals surface area contributed by atoms with Gasteiger partial charge in [0.1, 0.15) is 18.0 Å². The quantitative estimate of drug-likeness (QED) is 0.424. The summed E-state index contributed by atoms with van der Waals surface area (Å²) in [6, 6.07) is 19.1. The number of rotatable bonds is 4. The van der Waals surface area contributed by atoms with Crippen LogP contribution in [0.5, 0.6) is 0 Å². The molecule has 7 nitrogen and oxygen atoms in total. The van der Waals surface area contributed by atoms with Crippen LogP contribution in [0.25, 0.3) is 27.8 Å². The van der Waals surface area contributed by atoms with Gasteiger partial charge in [-0.25, -0.2) is 19.6 Å². The Balaban J connectivity index is 1.29. The van der Waals surface area contributed by atoms with E-state index in [4.69, 9.17) is 4.98 Å². The normalized spacial score (nSPS) is 15.1. The highest BCUT2D eigenvalue weighted by Crippen LogP contribution is 2.32. The third-order valence-electron chi connectivity index (χ3n) is 6.46. The molecule has 0 atom stereocenters. The Labute approximate surface area is 186 Å². The molecule has 3 aromatic heterocycles. The molecule has 0 amide bonds. The molecule has 0 unspecified atom stereocenters. The van der Waals surface area contributed by atoms with E-state index in [0.29, 0.717) is 6.04 Å². The summed E-state index contributed by atoms with van der Waals surface area (Å²) >= 11 is 0. The molecule has 0 spiro atoms. The molecule has 6 rings (SSSR count). The highest BCUT2D eigenvalue weighted by molar-refractivity contribution is 5.87. The summed E-state index contributed by atoms with van der Waals surface area (Å²) in [6.07, 6.45) is 6.61. The van der Waals surface area contributed by atoms with Crippen molar-refractivity contribution in [3.05, 3.63) is 72.9 Å². The van der Waals surface area contributed by atoms with Crippen molar-refractivity contribution in [3.63, 3.8) is 0 Å². The molecule has 1 fully saturated rings. The van der Waals surface area contributed by atoms with Gasteiger partial charge in [0, 0.05) is 25.6 Å². The van der Waals surface area contributed by atoms with E-state index >= 15 is 0 Å². The summed E-state index contributed by atoms with van der Waals surface area (Å²) in [5.74, 6) is 2.15. The molecule has 0 bridgehead atoms. The first-order valence-corrected chi connectivity index (χ1v) is 11.3. The number of hydrogen-bond acceptors (Lipinski definition) is 5. The number of para-hydroxylation sites is 3. The van der Waals surface area contributed by atoms with Crippen LogP contribution in [0.3, 0.4) is 0 Å². The number of aromatic nitrogens is 6. The van der Waals surface area contributed by atoms with Crippen molar-refractivity contribution in [1.82, 2.24) is 29.3 Å². The molecular formula is C25H25N7.